The first-order valence-corrected chi connectivity index (χ1v) is 7.39. The number of pyridine rings is 1. The third-order valence-electron chi connectivity index (χ3n) is 4.05. The molecule has 0 spiro atoms. The van der Waals surface area contributed by atoms with Crippen LogP contribution in [0.15, 0.2) is 35.3 Å². The Morgan fingerprint density at radius 2 is 2.00 bits per heavy atom. The van der Waals surface area contributed by atoms with Gasteiger partial charge in [-0.1, -0.05) is 0 Å². The number of rotatable bonds is 3. The molecule has 2 aromatic rings. The van der Waals surface area contributed by atoms with Crippen LogP contribution in [0.3, 0.4) is 0 Å². The highest BCUT2D eigenvalue weighted by Gasteiger charge is 2.23. The molecule has 0 bridgehead atoms. The third kappa shape index (κ3) is 3.21. The van der Waals surface area contributed by atoms with Gasteiger partial charge in [0.15, 0.2) is 0 Å². The summed E-state index contributed by atoms with van der Waals surface area (Å²) in [7, 11) is 0. The molecule has 1 aromatic heterocycles. The van der Waals surface area contributed by atoms with Gasteiger partial charge in [0, 0.05) is 17.6 Å². The second-order valence-corrected chi connectivity index (χ2v) is 5.60. The molecule has 6 heteroatoms. The van der Waals surface area contributed by atoms with Crippen LogP contribution in [-0.4, -0.2) is 28.3 Å². The van der Waals surface area contributed by atoms with Crippen molar-refractivity contribution in [3.8, 4) is 5.75 Å². The lowest BCUT2D eigenvalue weighted by Crippen LogP contribution is -2.38. The molecule has 1 saturated carbocycles. The Kier molecular flexibility index (Phi) is 4.00. The number of nitrogens with one attached hydrogen (secondary N) is 2. The van der Waals surface area contributed by atoms with E-state index >= 15 is 0 Å². The lowest BCUT2D eigenvalue weighted by molar-refractivity contribution is 0.134. The molecule has 1 amide bonds. The van der Waals surface area contributed by atoms with Gasteiger partial charge in [-0.3, -0.25) is 4.79 Å². The van der Waals surface area contributed by atoms with Crippen LogP contribution in [0.2, 0.25) is 0 Å². The number of carbonyl (C=O) groups is 1. The van der Waals surface area contributed by atoms with Crippen LogP contribution in [0, 0.1) is 0 Å². The molecule has 22 heavy (non-hydrogen) atoms. The maximum absolute atomic E-state index is 11.7. The average Bonchev–Trinajstić information content (AvgIpc) is 2.49. The maximum atomic E-state index is 11.7. The molecule has 3 rings (SSSR count). The van der Waals surface area contributed by atoms with E-state index in [0.717, 1.165) is 36.8 Å². The van der Waals surface area contributed by atoms with Crippen LogP contribution in [0.1, 0.15) is 25.7 Å². The second-order valence-electron chi connectivity index (χ2n) is 5.60. The smallest absolute Gasteiger partial charge is 0.404 e. The fourth-order valence-electron chi connectivity index (χ4n) is 2.94. The van der Waals surface area contributed by atoms with Crippen molar-refractivity contribution >= 4 is 16.9 Å². The van der Waals surface area contributed by atoms with E-state index < -0.39 is 6.09 Å². The number of ether oxygens (including phenoxy) is 1. The zero-order chi connectivity index (χ0) is 15.5. The standard InChI is InChI=1S/C16H18N2O4/c19-15-14-6-5-13(9-10(14)7-8-17-15)22-12-3-1-11(2-4-12)18-16(20)21/h5-9,11-12,18H,1-4H2,(H,17,19)(H,20,21). The van der Waals surface area contributed by atoms with Crippen LogP contribution in [0.25, 0.3) is 10.8 Å². The molecule has 0 saturated heterocycles. The largest absolute Gasteiger partial charge is 0.490 e. The van der Waals surface area contributed by atoms with Gasteiger partial charge in [0.2, 0.25) is 0 Å². The summed E-state index contributed by atoms with van der Waals surface area (Å²) in [6.45, 7) is 0. The monoisotopic (exact) mass is 302 g/mol. The Bertz CT molecular complexity index is 732. The predicted octanol–water partition coefficient (Wildman–Crippen LogP) is 2.49. The van der Waals surface area contributed by atoms with E-state index in [0.29, 0.717) is 5.39 Å². The summed E-state index contributed by atoms with van der Waals surface area (Å²) in [4.78, 5) is 24.9. The molecule has 0 aliphatic heterocycles. The quantitative estimate of drug-likeness (QED) is 0.812. The van der Waals surface area contributed by atoms with Gasteiger partial charge in [-0.05, 0) is 55.3 Å². The average molecular weight is 302 g/mol. The molecule has 0 unspecified atom stereocenters. The van der Waals surface area contributed by atoms with Crippen molar-refractivity contribution in [3.63, 3.8) is 0 Å². The zero-order valence-electron chi connectivity index (χ0n) is 12.0. The van der Waals surface area contributed by atoms with E-state index in [1.165, 1.54) is 0 Å². The van der Waals surface area contributed by atoms with Crippen LogP contribution in [0.5, 0.6) is 5.75 Å². The van der Waals surface area contributed by atoms with Crippen molar-refractivity contribution in [2.75, 3.05) is 0 Å². The topological polar surface area (TPSA) is 91.4 Å². The molecule has 0 radical (unpaired) electrons. The summed E-state index contributed by atoms with van der Waals surface area (Å²) >= 11 is 0. The van der Waals surface area contributed by atoms with E-state index in [-0.39, 0.29) is 17.7 Å². The number of fused-ring (bicyclic) bond motifs is 1. The molecule has 6 nitrogen and oxygen atoms in total. The Hall–Kier alpha value is -2.50. The van der Waals surface area contributed by atoms with Crippen LogP contribution < -0.4 is 15.6 Å². The van der Waals surface area contributed by atoms with Crippen molar-refractivity contribution < 1.29 is 14.6 Å². The summed E-state index contributed by atoms with van der Waals surface area (Å²) in [5, 5.41) is 12.7. The minimum Gasteiger partial charge on any atom is -0.490 e. The Balaban J connectivity index is 1.65. The van der Waals surface area contributed by atoms with Gasteiger partial charge in [-0.2, -0.15) is 0 Å². The zero-order valence-corrected chi connectivity index (χ0v) is 12.0. The minimum absolute atomic E-state index is 0.0208. The summed E-state index contributed by atoms with van der Waals surface area (Å²) in [5.41, 5.74) is -0.107. The van der Waals surface area contributed by atoms with E-state index in [1.807, 2.05) is 12.1 Å². The van der Waals surface area contributed by atoms with E-state index in [4.69, 9.17) is 9.84 Å². The number of aromatic amines is 1. The SMILES string of the molecule is O=C(O)NC1CCC(Oc2ccc3c(=O)[nH]ccc3c2)CC1. The summed E-state index contributed by atoms with van der Waals surface area (Å²) in [5.74, 6) is 0.743. The fourth-order valence-corrected chi connectivity index (χ4v) is 2.94. The Labute approximate surface area is 127 Å². The summed E-state index contributed by atoms with van der Waals surface area (Å²) in [6, 6.07) is 7.30. The molecule has 3 N–H and O–H groups in total. The van der Waals surface area contributed by atoms with Crippen LogP contribution in [-0.2, 0) is 0 Å². The lowest BCUT2D eigenvalue weighted by Gasteiger charge is -2.28. The number of hydrogen-bond donors (Lipinski definition) is 3. The van der Waals surface area contributed by atoms with Crippen LogP contribution in [0.4, 0.5) is 4.79 Å². The van der Waals surface area contributed by atoms with E-state index in [9.17, 15) is 9.59 Å². The highest BCUT2D eigenvalue weighted by molar-refractivity contribution is 5.82. The fraction of sp³-hybridized carbons (Fsp3) is 0.375. The molecule has 0 atom stereocenters. The Morgan fingerprint density at radius 1 is 1.23 bits per heavy atom. The van der Waals surface area contributed by atoms with Gasteiger partial charge >= 0.3 is 6.09 Å². The highest BCUT2D eigenvalue weighted by atomic mass is 16.5. The molecular weight excluding hydrogens is 284 g/mol. The van der Waals surface area contributed by atoms with Gasteiger partial charge in [0.05, 0.1) is 6.10 Å². The first kappa shape index (κ1) is 14.4. The molecule has 1 fully saturated rings. The van der Waals surface area contributed by atoms with Gasteiger partial charge in [-0.15, -0.1) is 0 Å². The van der Waals surface area contributed by atoms with Gasteiger partial charge < -0.3 is 20.1 Å². The van der Waals surface area contributed by atoms with Gasteiger partial charge in [-0.25, -0.2) is 4.79 Å². The van der Waals surface area contributed by atoms with Crippen molar-refractivity contribution in [1.29, 1.82) is 0 Å². The van der Waals surface area contributed by atoms with Crippen molar-refractivity contribution in [2.45, 2.75) is 37.8 Å². The van der Waals surface area contributed by atoms with Crippen molar-refractivity contribution in [1.82, 2.24) is 10.3 Å². The maximum Gasteiger partial charge on any atom is 0.404 e. The summed E-state index contributed by atoms with van der Waals surface area (Å²) < 4.78 is 5.97. The molecule has 1 aromatic carbocycles. The molecule has 1 aliphatic carbocycles. The Morgan fingerprint density at radius 3 is 2.73 bits per heavy atom. The predicted molar refractivity (Wildman–Crippen MR) is 82.4 cm³/mol. The first-order chi connectivity index (χ1) is 10.6. The summed E-state index contributed by atoms with van der Waals surface area (Å²) in [6.07, 6.45) is 3.94. The first-order valence-electron chi connectivity index (χ1n) is 7.39. The third-order valence-corrected chi connectivity index (χ3v) is 4.05. The molecular formula is C16H18N2O4. The molecule has 116 valence electrons. The number of H-pyrrole nitrogens is 1. The van der Waals surface area contributed by atoms with E-state index in [2.05, 4.69) is 10.3 Å². The highest BCUT2D eigenvalue weighted by Crippen LogP contribution is 2.25. The number of benzene rings is 1. The number of carboxylic acid groups (broad SMARTS) is 1. The van der Waals surface area contributed by atoms with Crippen LogP contribution >= 0.6 is 0 Å². The van der Waals surface area contributed by atoms with E-state index in [1.54, 1.807) is 18.3 Å². The van der Waals surface area contributed by atoms with Gasteiger partial charge in [0.1, 0.15) is 5.75 Å². The molecule has 1 heterocycles. The number of aromatic nitrogens is 1. The second kappa shape index (κ2) is 6.09. The van der Waals surface area contributed by atoms with Gasteiger partial charge in [0.25, 0.3) is 5.56 Å². The number of amides is 1. The van der Waals surface area contributed by atoms with Crippen molar-refractivity contribution in [3.05, 3.63) is 40.8 Å². The molecule has 1 aliphatic rings. The number of hydrogen-bond acceptors (Lipinski definition) is 3. The minimum atomic E-state index is -0.968. The van der Waals surface area contributed by atoms with Crippen molar-refractivity contribution in [2.24, 2.45) is 0 Å². The normalized spacial score (nSPS) is 21.5. The lowest BCUT2D eigenvalue weighted by atomic mass is 9.93.